The molecule has 2 saturated heterocycles. The molecule has 4 aromatic rings. The molecule has 0 amide bonds. The number of halogens is 1. The number of nitrogens with zero attached hydrogens (tertiary/aromatic N) is 2. The minimum absolute atomic E-state index is 0.161. The highest BCUT2D eigenvalue weighted by atomic mass is 19.1. The number of nitriles is 1. The van der Waals surface area contributed by atoms with Gasteiger partial charge in [0.1, 0.15) is 29.9 Å². The number of benzene rings is 2. The van der Waals surface area contributed by atoms with Crippen LogP contribution >= 0.6 is 0 Å². The molecule has 1 N–H and O–H groups in total. The molecule has 4 heterocycles. The van der Waals surface area contributed by atoms with Crippen molar-refractivity contribution in [2.75, 3.05) is 6.61 Å². The Morgan fingerprint density at radius 2 is 2.09 bits per heavy atom. The van der Waals surface area contributed by atoms with Gasteiger partial charge in [-0.25, -0.2) is 9.37 Å². The molecule has 176 valence electrons. The average Bonchev–Trinajstić information content (AvgIpc) is 3.51. The number of hydrogen-bond acceptors (Lipinski definition) is 7. The maximum atomic E-state index is 14.5. The molecular weight excluding hydrogens is 451 g/mol. The standard InChI is InChI=1S/C27H21FN2O5/c28-19-6-18(27(31)10-22-15-34-26(11-27)35-22)7-21(8-19)33-13-16-1-2-23-24(17-3-4-32-14-17)9-20(12-29)30-25(23)5-16/h1-9,14,22,26,31H,10-11,13,15H2. The Morgan fingerprint density at radius 3 is 2.89 bits per heavy atom. The number of pyridine rings is 1. The molecule has 0 radical (unpaired) electrons. The Labute approximate surface area is 200 Å². The predicted octanol–water partition coefficient (Wildman–Crippen LogP) is 4.81. The van der Waals surface area contributed by atoms with Crippen LogP contribution in [-0.2, 0) is 21.7 Å². The molecule has 0 saturated carbocycles. The molecule has 0 aliphatic carbocycles. The van der Waals surface area contributed by atoms with Gasteiger partial charge in [0, 0.05) is 29.9 Å². The smallest absolute Gasteiger partial charge is 0.161 e. The highest BCUT2D eigenvalue weighted by Crippen LogP contribution is 2.42. The van der Waals surface area contributed by atoms with Crippen LogP contribution in [0, 0.1) is 17.1 Å². The Morgan fingerprint density at radius 1 is 1.17 bits per heavy atom. The van der Waals surface area contributed by atoms with E-state index in [1.807, 2.05) is 24.3 Å². The number of furan rings is 1. The molecule has 2 aliphatic heterocycles. The van der Waals surface area contributed by atoms with Crippen LogP contribution in [0.25, 0.3) is 22.0 Å². The molecule has 2 fully saturated rings. The van der Waals surface area contributed by atoms with Gasteiger partial charge in [-0.05, 0) is 47.0 Å². The van der Waals surface area contributed by atoms with E-state index in [-0.39, 0.29) is 19.1 Å². The Bertz CT molecular complexity index is 1430. The fourth-order valence-electron chi connectivity index (χ4n) is 4.85. The van der Waals surface area contributed by atoms with Gasteiger partial charge in [0.25, 0.3) is 0 Å². The van der Waals surface area contributed by atoms with Crippen molar-refractivity contribution in [3.63, 3.8) is 0 Å². The second kappa shape index (κ2) is 8.47. The molecule has 2 aromatic heterocycles. The monoisotopic (exact) mass is 472 g/mol. The third-order valence-electron chi connectivity index (χ3n) is 6.52. The summed E-state index contributed by atoms with van der Waals surface area (Å²) in [4.78, 5) is 4.43. The zero-order valence-corrected chi connectivity index (χ0v) is 18.6. The molecule has 6 rings (SSSR count). The van der Waals surface area contributed by atoms with Crippen molar-refractivity contribution in [2.45, 2.75) is 37.4 Å². The summed E-state index contributed by atoms with van der Waals surface area (Å²) in [6, 6.07) is 15.6. The summed E-state index contributed by atoms with van der Waals surface area (Å²) in [6.07, 6.45) is 3.09. The van der Waals surface area contributed by atoms with E-state index in [1.54, 1.807) is 24.7 Å². The first-order chi connectivity index (χ1) is 17.0. The molecule has 2 aromatic carbocycles. The van der Waals surface area contributed by atoms with E-state index in [4.69, 9.17) is 18.6 Å². The lowest BCUT2D eigenvalue weighted by atomic mass is 9.84. The lowest BCUT2D eigenvalue weighted by molar-refractivity contribution is -0.159. The first-order valence-electron chi connectivity index (χ1n) is 11.3. The third kappa shape index (κ3) is 4.15. The summed E-state index contributed by atoms with van der Waals surface area (Å²) in [5.74, 6) is -0.180. The van der Waals surface area contributed by atoms with Crippen molar-refractivity contribution >= 4 is 10.9 Å². The largest absolute Gasteiger partial charge is 0.489 e. The maximum Gasteiger partial charge on any atom is 0.161 e. The molecular formula is C27H21FN2O5. The Balaban J connectivity index is 1.26. The van der Waals surface area contributed by atoms with Crippen LogP contribution in [0.5, 0.6) is 5.75 Å². The summed E-state index contributed by atoms with van der Waals surface area (Å²) in [5.41, 5.74) is 2.66. The van der Waals surface area contributed by atoms with Crippen LogP contribution in [0.2, 0.25) is 0 Å². The quantitative estimate of drug-likeness (QED) is 0.445. The van der Waals surface area contributed by atoms with Gasteiger partial charge in [0.15, 0.2) is 6.29 Å². The van der Waals surface area contributed by atoms with Gasteiger partial charge in [-0.3, -0.25) is 0 Å². The normalized spacial score (nSPS) is 23.3. The van der Waals surface area contributed by atoms with Crippen molar-refractivity contribution in [3.8, 4) is 22.9 Å². The zero-order valence-electron chi connectivity index (χ0n) is 18.6. The SMILES string of the molecule is N#Cc1cc(-c2ccoc2)c2ccc(COc3cc(F)cc(C4(O)CC5COC(C4)O5)c3)cc2n1. The van der Waals surface area contributed by atoms with Gasteiger partial charge >= 0.3 is 0 Å². The van der Waals surface area contributed by atoms with Crippen LogP contribution < -0.4 is 4.74 Å². The number of aliphatic hydroxyl groups is 1. The highest BCUT2D eigenvalue weighted by Gasteiger charge is 2.46. The van der Waals surface area contributed by atoms with Crippen molar-refractivity contribution < 1.29 is 28.1 Å². The number of aromatic nitrogens is 1. The first-order valence-corrected chi connectivity index (χ1v) is 11.3. The van der Waals surface area contributed by atoms with Crippen LogP contribution in [0.4, 0.5) is 4.39 Å². The maximum absolute atomic E-state index is 14.5. The van der Waals surface area contributed by atoms with E-state index >= 15 is 0 Å². The van der Waals surface area contributed by atoms with Crippen LogP contribution in [0.1, 0.15) is 29.7 Å². The lowest BCUT2D eigenvalue weighted by Gasteiger charge is -2.35. The van der Waals surface area contributed by atoms with E-state index in [2.05, 4.69) is 11.1 Å². The van der Waals surface area contributed by atoms with Gasteiger partial charge in [0.05, 0.1) is 36.4 Å². The fraction of sp³-hybridized carbons (Fsp3) is 0.259. The van der Waals surface area contributed by atoms with Gasteiger partial charge in [-0.15, -0.1) is 0 Å². The first kappa shape index (κ1) is 21.7. The predicted molar refractivity (Wildman–Crippen MR) is 123 cm³/mol. The van der Waals surface area contributed by atoms with E-state index in [1.165, 1.54) is 12.1 Å². The highest BCUT2D eigenvalue weighted by molar-refractivity contribution is 5.95. The zero-order chi connectivity index (χ0) is 24.0. The summed E-state index contributed by atoms with van der Waals surface area (Å²) >= 11 is 0. The average molecular weight is 472 g/mol. The lowest BCUT2D eigenvalue weighted by Crippen LogP contribution is -2.39. The van der Waals surface area contributed by atoms with Crippen LogP contribution in [0.3, 0.4) is 0 Å². The molecule has 3 unspecified atom stereocenters. The van der Waals surface area contributed by atoms with Gasteiger partial charge < -0.3 is 23.7 Å². The topological polar surface area (TPSA) is 97.7 Å². The summed E-state index contributed by atoms with van der Waals surface area (Å²) in [6.45, 7) is 0.589. The van der Waals surface area contributed by atoms with Crippen LogP contribution in [0.15, 0.2) is 65.5 Å². The van der Waals surface area contributed by atoms with E-state index < -0.39 is 17.7 Å². The van der Waals surface area contributed by atoms with Crippen molar-refractivity contribution in [2.24, 2.45) is 0 Å². The molecule has 8 heteroatoms. The second-order valence-corrected chi connectivity index (χ2v) is 8.96. The summed E-state index contributed by atoms with van der Waals surface area (Å²) in [7, 11) is 0. The molecule has 3 atom stereocenters. The molecule has 2 bridgehead atoms. The molecule has 35 heavy (non-hydrogen) atoms. The molecule has 0 spiro atoms. The van der Waals surface area contributed by atoms with Crippen LogP contribution in [-0.4, -0.2) is 29.1 Å². The van der Waals surface area contributed by atoms with Crippen molar-refractivity contribution in [3.05, 3.63) is 83.7 Å². The number of hydrogen-bond donors (Lipinski definition) is 1. The Kier molecular flexibility index (Phi) is 5.26. The number of ether oxygens (including phenoxy) is 3. The molecule has 7 nitrogen and oxygen atoms in total. The van der Waals surface area contributed by atoms with E-state index in [9.17, 15) is 14.8 Å². The van der Waals surface area contributed by atoms with Gasteiger partial charge in [0.2, 0.25) is 0 Å². The van der Waals surface area contributed by atoms with Crippen molar-refractivity contribution in [1.29, 1.82) is 5.26 Å². The van der Waals surface area contributed by atoms with Gasteiger partial charge in [-0.1, -0.05) is 12.1 Å². The van der Waals surface area contributed by atoms with E-state index in [0.717, 1.165) is 22.1 Å². The summed E-state index contributed by atoms with van der Waals surface area (Å²) < 4.78 is 36.7. The Hall–Kier alpha value is -3.77. The summed E-state index contributed by atoms with van der Waals surface area (Å²) in [5, 5.41) is 21.5. The van der Waals surface area contributed by atoms with Gasteiger partial charge in [-0.2, -0.15) is 5.26 Å². The molecule has 2 aliphatic rings. The van der Waals surface area contributed by atoms with E-state index in [0.29, 0.717) is 35.6 Å². The fourth-order valence-corrected chi connectivity index (χ4v) is 4.85. The minimum Gasteiger partial charge on any atom is -0.489 e. The number of rotatable bonds is 5. The number of fused-ring (bicyclic) bond motifs is 3. The van der Waals surface area contributed by atoms with Crippen molar-refractivity contribution in [1.82, 2.24) is 4.98 Å². The minimum atomic E-state index is -1.24. The third-order valence-corrected chi connectivity index (χ3v) is 6.52. The second-order valence-electron chi connectivity index (χ2n) is 8.96.